The van der Waals surface area contributed by atoms with Gasteiger partial charge in [-0.05, 0) is 38.1 Å². The molecule has 0 aromatic rings. The molecule has 3 nitrogen and oxygen atoms in total. The summed E-state index contributed by atoms with van der Waals surface area (Å²) >= 11 is 0. The second-order valence-electron chi connectivity index (χ2n) is 5.84. The Bertz CT molecular complexity index is 220. The zero-order valence-electron chi connectivity index (χ0n) is 10.7. The molecular weight excluding hydrogens is 200 g/mol. The van der Waals surface area contributed by atoms with Gasteiger partial charge in [0, 0.05) is 19.2 Å². The molecule has 94 valence electrons. The van der Waals surface area contributed by atoms with E-state index >= 15 is 0 Å². The van der Waals surface area contributed by atoms with E-state index in [4.69, 9.17) is 10.5 Å². The van der Waals surface area contributed by atoms with Crippen LogP contribution in [0.2, 0.25) is 0 Å². The van der Waals surface area contributed by atoms with Crippen LogP contribution >= 0.6 is 0 Å². The van der Waals surface area contributed by atoms with Gasteiger partial charge in [0.1, 0.15) is 0 Å². The van der Waals surface area contributed by atoms with Crippen molar-refractivity contribution in [1.82, 2.24) is 4.90 Å². The van der Waals surface area contributed by atoms with Crippen molar-refractivity contribution in [3.8, 4) is 0 Å². The first-order valence-corrected chi connectivity index (χ1v) is 6.72. The van der Waals surface area contributed by atoms with E-state index in [0.717, 1.165) is 38.1 Å². The Morgan fingerprint density at radius 2 is 2.19 bits per heavy atom. The third-order valence-electron chi connectivity index (χ3n) is 4.01. The van der Waals surface area contributed by atoms with Gasteiger partial charge in [0.05, 0.1) is 12.1 Å². The molecular formula is C13H26N2O. The van der Waals surface area contributed by atoms with Crippen molar-refractivity contribution < 1.29 is 4.74 Å². The molecule has 1 atom stereocenters. The van der Waals surface area contributed by atoms with E-state index in [1.165, 1.54) is 25.8 Å². The average Bonchev–Trinajstić information content (AvgIpc) is 2.96. The van der Waals surface area contributed by atoms with Crippen LogP contribution in [0.4, 0.5) is 0 Å². The molecule has 0 bridgehead atoms. The van der Waals surface area contributed by atoms with E-state index in [0.29, 0.717) is 0 Å². The summed E-state index contributed by atoms with van der Waals surface area (Å²) in [6, 6.07) is 0.795. The second-order valence-corrected chi connectivity index (χ2v) is 5.84. The Kier molecular flexibility index (Phi) is 3.88. The molecule has 2 rings (SSSR count). The van der Waals surface area contributed by atoms with Gasteiger partial charge in [-0.25, -0.2) is 0 Å². The Morgan fingerprint density at radius 1 is 1.44 bits per heavy atom. The highest BCUT2D eigenvalue weighted by molar-refractivity contribution is 5.01. The molecule has 3 heteroatoms. The van der Waals surface area contributed by atoms with Crippen molar-refractivity contribution in [2.24, 2.45) is 11.7 Å². The lowest BCUT2D eigenvalue weighted by molar-refractivity contribution is 0.0608. The Labute approximate surface area is 99.3 Å². The van der Waals surface area contributed by atoms with E-state index < -0.39 is 0 Å². The first-order chi connectivity index (χ1) is 7.68. The van der Waals surface area contributed by atoms with Crippen LogP contribution in [0, 0.1) is 5.92 Å². The second kappa shape index (κ2) is 5.03. The van der Waals surface area contributed by atoms with Crippen LogP contribution in [-0.2, 0) is 4.74 Å². The number of hydrogen-bond acceptors (Lipinski definition) is 3. The van der Waals surface area contributed by atoms with Crippen LogP contribution in [-0.4, -0.2) is 42.8 Å². The van der Waals surface area contributed by atoms with Crippen LogP contribution < -0.4 is 5.73 Å². The summed E-state index contributed by atoms with van der Waals surface area (Å²) in [4.78, 5) is 2.67. The van der Waals surface area contributed by atoms with E-state index in [9.17, 15) is 0 Å². The lowest BCUT2D eigenvalue weighted by atomic mass is 9.95. The predicted molar refractivity (Wildman–Crippen MR) is 66.4 cm³/mol. The summed E-state index contributed by atoms with van der Waals surface area (Å²) < 4.78 is 5.60. The highest BCUT2D eigenvalue weighted by Crippen LogP contribution is 2.37. The van der Waals surface area contributed by atoms with Gasteiger partial charge >= 0.3 is 0 Å². The maximum atomic E-state index is 6.02. The molecule has 1 aliphatic heterocycles. The number of rotatable bonds is 6. The minimum absolute atomic E-state index is 0.163. The quantitative estimate of drug-likeness (QED) is 0.748. The highest BCUT2D eigenvalue weighted by atomic mass is 16.5. The van der Waals surface area contributed by atoms with E-state index in [2.05, 4.69) is 18.7 Å². The maximum absolute atomic E-state index is 6.02. The monoisotopic (exact) mass is 226 g/mol. The lowest BCUT2D eigenvalue weighted by Crippen LogP contribution is -2.56. The van der Waals surface area contributed by atoms with Gasteiger partial charge in [-0.2, -0.15) is 0 Å². The number of hydrogen-bond donors (Lipinski definition) is 1. The van der Waals surface area contributed by atoms with Crippen LogP contribution in [0.25, 0.3) is 0 Å². The number of ether oxygens (including phenoxy) is 1. The van der Waals surface area contributed by atoms with Gasteiger partial charge in [-0.3, -0.25) is 4.90 Å². The summed E-state index contributed by atoms with van der Waals surface area (Å²) in [5, 5.41) is 0. The molecule has 1 saturated carbocycles. The highest BCUT2D eigenvalue weighted by Gasteiger charge is 2.45. The molecule has 0 spiro atoms. The van der Waals surface area contributed by atoms with E-state index in [1.54, 1.807) is 0 Å². The van der Waals surface area contributed by atoms with Crippen LogP contribution in [0.3, 0.4) is 0 Å². The Morgan fingerprint density at radius 3 is 2.62 bits per heavy atom. The lowest BCUT2D eigenvalue weighted by Gasteiger charge is -2.40. The van der Waals surface area contributed by atoms with Crippen molar-refractivity contribution >= 4 is 0 Å². The molecule has 2 fully saturated rings. The standard InChI is InChI=1S/C13H26N2O/c1-11(2)5-7-15(12-3-4-12)13(9-14)6-8-16-10-13/h11-12H,3-10,14H2,1-2H3. The Balaban J connectivity index is 1.99. The summed E-state index contributed by atoms with van der Waals surface area (Å²) in [6.45, 7) is 8.28. The minimum atomic E-state index is 0.163. The number of nitrogens with two attached hydrogens (primary N) is 1. The zero-order valence-corrected chi connectivity index (χ0v) is 10.7. The topological polar surface area (TPSA) is 38.5 Å². The summed E-state index contributed by atoms with van der Waals surface area (Å²) in [7, 11) is 0. The third-order valence-corrected chi connectivity index (χ3v) is 4.01. The maximum Gasteiger partial charge on any atom is 0.0663 e. The fourth-order valence-corrected chi connectivity index (χ4v) is 2.69. The van der Waals surface area contributed by atoms with Gasteiger partial charge in [0.25, 0.3) is 0 Å². The normalized spacial score (nSPS) is 30.6. The first-order valence-electron chi connectivity index (χ1n) is 6.72. The molecule has 1 heterocycles. The molecule has 0 aromatic carbocycles. The van der Waals surface area contributed by atoms with Crippen molar-refractivity contribution in [2.75, 3.05) is 26.3 Å². The average molecular weight is 226 g/mol. The molecule has 2 aliphatic rings. The van der Waals surface area contributed by atoms with Crippen molar-refractivity contribution in [3.05, 3.63) is 0 Å². The van der Waals surface area contributed by atoms with Gasteiger partial charge in [-0.1, -0.05) is 13.8 Å². The number of nitrogens with zero attached hydrogens (tertiary/aromatic N) is 1. The van der Waals surface area contributed by atoms with Crippen LogP contribution in [0.15, 0.2) is 0 Å². The largest absolute Gasteiger partial charge is 0.379 e. The third kappa shape index (κ3) is 2.58. The summed E-state index contributed by atoms with van der Waals surface area (Å²) in [5.74, 6) is 0.776. The fourth-order valence-electron chi connectivity index (χ4n) is 2.69. The van der Waals surface area contributed by atoms with Gasteiger partial charge < -0.3 is 10.5 Å². The fraction of sp³-hybridized carbons (Fsp3) is 1.00. The van der Waals surface area contributed by atoms with Gasteiger partial charge in [0.2, 0.25) is 0 Å². The van der Waals surface area contributed by atoms with Crippen molar-refractivity contribution in [3.63, 3.8) is 0 Å². The SMILES string of the molecule is CC(C)CCN(C1CC1)C1(CN)CCOC1. The smallest absolute Gasteiger partial charge is 0.0663 e. The van der Waals surface area contributed by atoms with Gasteiger partial charge in [-0.15, -0.1) is 0 Å². The van der Waals surface area contributed by atoms with Crippen molar-refractivity contribution in [2.45, 2.75) is 51.1 Å². The minimum Gasteiger partial charge on any atom is -0.379 e. The first kappa shape index (κ1) is 12.3. The zero-order chi connectivity index (χ0) is 11.6. The molecule has 1 unspecified atom stereocenters. The van der Waals surface area contributed by atoms with Crippen LogP contribution in [0.5, 0.6) is 0 Å². The van der Waals surface area contributed by atoms with E-state index in [1.807, 2.05) is 0 Å². The molecule has 1 saturated heterocycles. The molecule has 0 amide bonds. The van der Waals surface area contributed by atoms with Crippen LogP contribution in [0.1, 0.15) is 39.5 Å². The molecule has 0 aromatic heterocycles. The Hall–Kier alpha value is -0.120. The molecule has 0 radical (unpaired) electrons. The predicted octanol–water partition coefficient (Wildman–Crippen LogP) is 1.61. The molecule has 1 aliphatic carbocycles. The van der Waals surface area contributed by atoms with E-state index in [-0.39, 0.29) is 5.54 Å². The molecule has 16 heavy (non-hydrogen) atoms. The molecule has 2 N–H and O–H groups in total. The summed E-state index contributed by atoms with van der Waals surface area (Å²) in [5.41, 5.74) is 6.18. The van der Waals surface area contributed by atoms with Crippen molar-refractivity contribution in [1.29, 1.82) is 0 Å². The van der Waals surface area contributed by atoms with Gasteiger partial charge in [0.15, 0.2) is 0 Å². The summed E-state index contributed by atoms with van der Waals surface area (Å²) in [6.07, 6.45) is 5.12.